The summed E-state index contributed by atoms with van der Waals surface area (Å²) in [6.07, 6.45) is 1.10. The van der Waals surface area contributed by atoms with E-state index in [0.29, 0.717) is 12.7 Å². The molecule has 10 heavy (non-hydrogen) atoms. The third-order valence-electron chi connectivity index (χ3n) is 1.65. The van der Waals surface area contributed by atoms with Crippen LogP contribution in [-0.4, -0.2) is 19.4 Å². The fraction of sp³-hybridized carbons (Fsp3) is 0.714. The van der Waals surface area contributed by atoms with E-state index in [0.717, 1.165) is 0 Å². The van der Waals surface area contributed by atoms with Crippen molar-refractivity contribution in [2.75, 3.05) is 7.11 Å². The van der Waals surface area contributed by atoms with E-state index in [9.17, 15) is 9.59 Å². The summed E-state index contributed by atoms with van der Waals surface area (Å²) in [6.45, 7) is 3.33. The molecule has 0 aliphatic carbocycles. The van der Waals surface area contributed by atoms with Crippen LogP contribution in [-0.2, 0) is 14.3 Å². The van der Waals surface area contributed by atoms with Gasteiger partial charge in [0.15, 0.2) is 0 Å². The van der Waals surface area contributed by atoms with Crippen molar-refractivity contribution in [1.82, 2.24) is 0 Å². The van der Waals surface area contributed by atoms with Gasteiger partial charge in [-0.3, -0.25) is 4.79 Å². The molecule has 0 aromatic rings. The molecule has 58 valence electrons. The first-order valence-electron chi connectivity index (χ1n) is 3.15. The Balaban J connectivity index is 4.31. The molecule has 0 rings (SSSR count). The Hall–Kier alpha value is -0.860. The number of rotatable bonds is 3. The van der Waals surface area contributed by atoms with Crippen molar-refractivity contribution >= 4 is 12.3 Å². The second-order valence-electron chi connectivity index (χ2n) is 2.38. The minimum absolute atomic E-state index is 0.468. The lowest BCUT2D eigenvalue weighted by molar-refractivity contribution is -0.153. The Morgan fingerprint density at radius 1 is 1.70 bits per heavy atom. The molecule has 0 aliphatic heterocycles. The molecule has 0 aromatic heterocycles. The summed E-state index contributed by atoms with van der Waals surface area (Å²) in [7, 11) is 1.28. The third-order valence-corrected chi connectivity index (χ3v) is 1.65. The summed E-state index contributed by atoms with van der Waals surface area (Å²) in [5, 5.41) is 0. The zero-order valence-electron chi connectivity index (χ0n) is 6.51. The van der Waals surface area contributed by atoms with Crippen molar-refractivity contribution in [2.24, 2.45) is 5.41 Å². The minimum atomic E-state index is -0.950. The summed E-state index contributed by atoms with van der Waals surface area (Å²) in [4.78, 5) is 21.2. The molecule has 0 aliphatic rings. The number of methoxy groups -OCH3 is 1. The number of carbonyl (C=O) groups excluding carboxylic acids is 2. The maximum Gasteiger partial charge on any atom is 0.318 e. The fourth-order valence-corrected chi connectivity index (χ4v) is 0.509. The van der Waals surface area contributed by atoms with E-state index in [1.54, 1.807) is 13.8 Å². The Kier molecular flexibility index (Phi) is 3.06. The number of esters is 1. The predicted octanol–water partition coefficient (Wildman–Crippen LogP) is 0.775. The first-order valence-corrected chi connectivity index (χ1v) is 3.15. The van der Waals surface area contributed by atoms with E-state index < -0.39 is 11.4 Å². The van der Waals surface area contributed by atoms with Crippen LogP contribution in [0, 0.1) is 5.41 Å². The van der Waals surface area contributed by atoms with Crippen LogP contribution >= 0.6 is 0 Å². The van der Waals surface area contributed by atoms with Gasteiger partial charge in [0.1, 0.15) is 11.7 Å². The van der Waals surface area contributed by atoms with Crippen LogP contribution in [0.4, 0.5) is 0 Å². The van der Waals surface area contributed by atoms with E-state index in [1.165, 1.54) is 7.11 Å². The molecule has 0 saturated heterocycles. The smallest absolute Gasteiger partial charge is 0.318 e. The number of ether oxygens (including phenoxy) is 1. The SMILES string of the molecule is CC[C@](C)(C=O)C(=O)OC. The second kappa shape index (κ2) is 3.34. The van der Waals surface area contributed by atoms with Gasteiger partial charge in [-0.15, -0.1) is 0 Å². The average molecular weight is 144 g/mol. The van der Waals surface area contributed by atoms with Crippen LogP contribution < -0.4 is 0 Å². The Bertz CT molecular complexity index is 142. The van der Waals surface area contributed by atoms with Crippen molar-refractivity contribution < 1.29 is 14.3 Å². The molecule has 0 fully saturated rings. The van der Waals surface area contributed by atoms with E-state index in [2.05, 4.69) is 4.74 Å². The van der Waals surface area contributed by atoms with Crippen molar-refractivity contribution in [3.05, 3.63) is 0 Å². The molecule has 0 saturated carbocycles. The number of carbonyl (C=O) groups is 2. The molecule has 0 N–H and O–H groups in total. The van der Waals surface area contributed by atoms with Gasteiger partial charge in [0, 0.05) is 0 Å². The van der Waals surface area contributed by atoms with Crippen molar-refractivity contribution in [3.63, 3.8) is 0 Å². The van der Waals surface area contributed by atoms with Crippen molar-refractivity contribution in [3.8, 4) is 0 Å². The quantitative estimate of drug-likeness (QED) is 0.334. The van der Waals surface area contributed by atoms with Gasteiger partial charge in [-0.1, -0.05) is 6.92 Å². The highest BCUT2D eigenvalue weighted by atomic mass is 16.5. The summed E-state index contributed by atoms with van der Waals surface area (Å²) >= 11 is 0. The Morgan fingerprint density at radius 3 is 2.30 bits per heavy atom. The molecule has 0 bridgehead atoms. The topological polar surface area (TPSA) is 43.4 Å². The molecule has 0 spiro atoms. The number of hydrogen-bond acceptors (Lipinski definition) is 3. The number of hydrogen-bond donors (Lipinski definition) is 0. The van der Waals surface area contributed by atoms with Gasteiger partial charge in [-0.2, -0.15) is 0 Å². The molecular formula is C7H12O3. The van der Waals surface area contributed by atoms with Gasteiger partial charge in [0.05, 0.1) is 7.11 Å². The largest absolute Gasteiger partial charge is 0.468 e. The van der Waals surface area contributed by atoms with Gasteiger partial charge in [-0.25, -0.2) is 0 Å². The normalized spacial score (nSPS) is 15.5. The lowest BCUT2D eigenvalue weighted by atomic mass is 9.90. The van der Waals surface area contributed by atoms with Gasteiger partial charge in [0.25, 0.3) is 0 Å². The zero-order chi connectivity index (χ0) is 8.20. The molecule has 0 unspecified atom stereocenters. The van der Waals surface area contributed by atoms with Crippen LogP contribution in [0.3, 0.4) is 0 Å². The molecule has 0 amide bonds. The average Bonchev–Trinajstić information content (AvgIpc) is 2.01. The first-order chi connectivity index (χ1) is 4.60. The van der Waals surface area contributed by atoms with Crippen LogP contribution in [0.2, 0.25) is 0 Å². The molecule has 0 radical (unpaired) electrons. The van der Waals surface area contributed by atoms with Gasteiger partial charge in [-0.05, 0) is 13.3 Å². The standard InChI is InChI=1S/C7H12O3/c1-4-7(2,5-8)6(9)10-3/h5H,4H2,1-3H3/t7-/m1/s1. The first kappa shape index (κ1) is 9.14. The zero-order valence-corrected chi connectivity index (χ0v) is 6.51. The molecule has 0 heterocycles. The maximum absolute atomic E-state index is 10.8. The monoisotopic (exact) mass is 144 g/mol. The van der Waals surface area contributed by atoms with Gasteiger partial charge in [0.2, 0.25) is 0 Å². The highest BCUT2D eigenvalue weighted by molar-refractivity contribution is 5.92. The van der Waals surface area contributed by atoms with Crippen LogP contribution in [0.25, 0.3) is 0 Å². The lowest BCUT2D eigenvalue weighted by Crippen LogP contribution is -2.29. The maximum atomic E-state index is 10.8. The molecule has 3 heteroatoms. The highest BCUT2D eigenvalue weighted by Crippen LogP contribution is 2.18. The summed E-state index contributed by atoms with van der Waals surface area (Å²) in [5.41, 5.74) is -0.950. The Morgan fingerprint density at radius 2 is 2.20 bits per heavy atom. The van der Waals surface area contributed by atoms with Gasteiger partial charge >= 0.3 is 5.97 Å². The third kappa shape index (κ3) is 1.56. The van der Waals surface area contributed by atoms with Crippen LogP contribution in [0.5, 0.6) is 0 Å². The molecule has 1 atom stereocenters. The van der Waals surface area contributed by atoms with E-state index in [4.69, 9.17) is 0 Å². The van der Waals surface area contributed by atoms with Crippen LogP contribution in [0.15, 0.2) is 0 Å². The summed E-state index contributed by atoms with van der Waals surface area (Å²) in [5.74, 6) is -0.468. The second-order valence-corrected chi connectivity index (χ2v) is 2.38. The summed E-state index contributed by atoms with van der Waals surface area (Å²) < 4.78 is 4.43. The van der Waals surface area contributed by atoms with Crippen molar-refractivity contribution in [2.45, 2.75) is 20.3 Å². The van der Waals surface area contributed by atoms with E-state index in [1.807, 2.05) is 0 Å². The van der Waals surface area contributed by atoms with E-state index >= 15 is 0 Å². The number of aldehydes is 1. The minimum Gasteiger partial charge on any atom is -0.468 e. The molecule has 3 nitrogen and oxygen atoms in total. The van der Waals surface area contributed by atoms with E-state index in [-0.39, 0.29) is 0 Å². The molecule has 0 aromatic carbocycles. The lowest BCUT2D eigenvalue weighted by Gasteiger charge is -2.16. The van der Waals surface area contributed by atoms with Crippen LogP contribution in [0.1, 0.15) is 20.3 Å². The van der Waals surface area contributed by atoms with Gasteiger partial charge < -0.3 is 9.53 Å². The molecular weight excluding hydrogens is 132 g/mol. The summed E-state index contributed by atoms with van der Waals surface area (Å²) in [6, 6.07) is 0. The van der Waals surface area contributed by atoms with Crippen molar-refractivity contribution in [1.29, 1.82) is 0 Å². The predicted molar refractivity (Wildman–Crippen MR) is 36.5 cm³/mol. The Labute approximate surface area is 60.4 Å². The highest BCUT2D eigenvalue weighted by Gasteiger charge is 2.31. The fourth-order valence-electron chi connectivity index (χ4n) is 0.509.